The number of amides is 1. The van der Waals surface area contributed by atoms with Crippen LogP contribution in [-0.4, -0.2) is 42.5 Å². The van der Waals surface area contributed by atoms with Crippen molar-refractivity contribution >= 4 is 22.5 Å². The van der Waals surface area contributed by atoms with Crippen LogP contribution in [0, 0.1) is 0 Å². The first-order valence-corrected chi connectivity index (χ1v) is 7.23. The van der Waals surface area contributed by atoms with E-state index in [4.69, 9.17) is 4.74 Å². The second-order valence-corrected chi connectivity index (χ2v) is 5.16. The number of nitrogens with one attached hydrogen (secondary N) is 1. The molecule has 1 fully saturated rings. The zero-order chi connectivity index (χ0) is 14.7. The number of fused-ring (bicyclic) bond motifs is 1. The van der Waals surface area contributed by atoms with E-state index in [1.54, 1.807) is 13.3 Å². The number of methoxy groups -OCH3 is 1. The number of pyridine rings is 1. The number of carbonyl (C=O) groups excluding carboxylic acids is 1. The topological polar surface area (TPSA) is 54.5 Å². The summed E-state index contributed by atoms with van der Waals surface area (Å²) >= 11 is 0. The van der Waals surface area contributed by atoms with Crippen molar-refractivity contribution in [2.24, 2.45) is 0 Å². The molecule has 3 rings (SSSR count). The van der Waals surface area contributed by atoms with Crippen LogP contribution in [0.4, 0.5) is 5.82 Å². The van der Waals surface area contributed by atoms with Gasteiger partial charge in [-0.2, -0.15) is 0 Å². The molecule has 110 valence electrons. The highest BCUT2D eigenvalue weighted by molar-refractivity contribution is 5.96. The summed E-state index contributed by atoms with van der Waals surface area (Å²) in [5, 5.41) is 5.11. The number of hydrogen-bond acceptors (Lipinski definition) is 4. The molecular formula is C16H19N3O2. The Morgan fingerprint density at radius 1 is 1.29 bits per heavy atom. The zero-order valence-electron chi connectivity index (χ0n) is 12.1. The molecule has 2 aromatic rings. The highest BCUT2D eigenvalue weighted by atomic mass is 16.5. The van der Waals surface area contributed by atoms with Crippen molar-refractivity contribution in [3.05, 3.63) is 30.5 Å². The number of benzene rings is 1. The maximum Gasteiger partial charge on any atom is 0.241 e. The molecule has 0 aliphatic carbocycles. The van der Waals surface area contributed by atoms with Crippen LogP contribution in [-0.2, 0) is 4.79 Å². The van der Waals surface area contributed by atoms with Gasteiger partial charge in [-0.05, 0) is 25.0 Å². The van der Waals surface area contributed by atoms with Crippen LogP contribution in [0.2, 0.25) is 0 Å². The Morgan fingerprint density at radius 2 is 2.10 bits per heavy atom. The molecule has 0 saturated carbocycles. The number of rotatable bonds is 4. The molecule has 1 saturated heterocycles. The minimum atomic E-state index is 0.134. The van der Waals surface area contributed by atoms with Gasteiger partial charge in [0, 0.05) is 30.1 Å². The monoisotopic (exact) mass is 285 g/mol. The second kappa shape index (κ2) is 5.99. The third-order valence-electron chi connectivity index (χ3n) is 3.85. The van der Waals surface area contributed by atoms with Gasteiger partial charge in [0.1, 0.15) is 11.6 Å². The van der Waals surface area contributed by atoms with Gasteiger partial charge in [-0.3, -0.25) is 4.79 Å². The van der Waals surface area contributed by atoms with Crippen LogP contribution < -0.4 is 10.1 Å². The molecule has 0 spiro atoms. The Kier molecular flexibility index (Phi) is 3.90. The fraction of sp³-hybridized carbons (Fsp3) is 0.375. The van der Waals surface area contributed by atoms with E-state index in [9.17, 15) is 4.79 Å². The van der Waals surface area contributed by atoms with Crippen molar-refractivity contribution in [3.63, 3.8) is 0 Å². The van der Waals surface area contributed by atoms with Crippen molar-refractivity contribution in [2.45, 2.75) is 12.8 Å². The summed E-state index contributed by atoms with van der Waals surface area (Å²) in [5.74, 6) is 1.66. The number of likely N-dealkylation sites (tertiary alicyclic amines) is 1. The lowest BCUT2D eigenvalue weighted by Crippen LogP contribution is -2.33. The Balaban J connectivity index is 1.79. The van der Waals surface area contributed by atoms with Crippen molar-refractivity contribution < 1.29 is 9.53 Å². The molecule has 1 aromatic heterocycles. The lowest BCUT2D eigenvalue weighted by atomic mass is 10.1. The first-order valence-electron chi connectivity index (χ1n) is 7.23. The predicted molar refractivity (Wildman–Crippen MR) is 82.6 cm³/mol. The molecule has 0 atom stereocenters. The van der Waals surface area contributed by atoms with Gasteiger partial charge < -0.3 is 15.0 Å². The number of nitrogens with zero attached hydrogens (tertiary/aromatic N) is 2. The van der Waals surface area contributed by atoms with Crippen molar-refractivity contribution in [2.75, 3.05) is 32.1 Å². The van der Waals surface area contributed by atoms with Gasteiger partial charge in [0.2, 0.25) is 5.91 Å². The molecule has 0 unspecified atom stereocenters. The molecule has 1 aliphatic rings. The maximum absolute atomic E-state index is 12.1. The van der Waals surface area contributed by atoms with Crippen LogP contribution in [0.1, 0.15) is 12.8 Å². The lowest BCUT2D eigenvalue weighted by molar-refractivity contribution is -0.128. The van der Waals surface area contributed by atoms with E-state index in [-0.39, 0.29) is 12.5 Å². The summed E-state index contributed by atoms with van der Waals surface area (Å²) in [4.78, 5) is 18.3. The molecule has 5 nitrogen and oxygen atoms in total. The Morgan fingerprint density at radius 3 is 2.86 bits per heavy atom. The number of aromatic nitrogens is 1. The largest absolute Gasteiger partial charge is 0.496 e. The van der Waals surface area contributed by atoms with Gasteiger partial charge >= 0.3 is 0 Å². The first kappa shape index (κ1) is 13.7. The molecule has 1 aliphatic heterocycles. The number of hydrogen-bond donors (Lipinski definition) is 1. The highest BCUT2D eigenvalue weighted by Gasteiger charge is 2.17. The summed E-state index contributed by atoms with van der Waals surface area (Å²) in [5.41, 5.74) is 0. The summed E-state index contributed by atoms with van der Waals surface area (Å²) in [6.45, 7) is 2.03. The molecule has 0 bridgehead atoms. The van der Waals surface area contributed by atoms with E-state index in [0.29, 0.717) is 0 Å². The van der Waals surface area contributed by atoms with E-state index in [1.807, 2.05) is 29.2 Å². The van der Waals surface area contributed by atoms with E-state index >= 15 is 0 Å². The summed E-state index contributed by atoms with van der Waals surface area (Å²) in [6, 6.07) is 7.74. The molecule has 5 heteroatoms. The van der Waals surface area contributed by atoms with E-state index < -0.39 is 0 Å². The van der Waals surface area contributed by atoms with E-state index in [0.717, 1.165) is 48.3 Å². The molecule has 21 heavy (non-hydrogen) atoms. The average molecular weight is 285 g/mol. The van der Waals surface area contributed by atoms with Crippen molar-refractivity contribution in [1.82, 2.24) is 9.88 Å². The summed E-state index contributed by atoms with van der Waals surface area (Å²) in [6.07, 6.45) is 3.94. The minimum absolute atomic E-state index is 0.134. The fourth-order valence-corrected chi connectivity index (χ4v) is 2.73. The van der Waals surface area contributed by atoms with Gasteiger partial charge in [0.25, 0.3) is 0 Å². The number of carbonyl (C=O) groups is 1. The molecule has 1 aromatic carbocycles. The molecule has 0 radical (unpaired) electrons. The fourth-order valence-electron chi connectivity index (χ4n) is 2.73. The van der Waals surface area contributed by atoms with Crippen molar-refractivity contribution in [3.8, 4) is 5.75 Å². The van der Waals surface area contributed by atoms with Crippen LogP contribution in [0.3, 0.4) is 0 Å². The third-order valence-corrected chi connectivity index (χ3v) is 3.85. The zero-order valence-corrected chi connectivity index (χ0v) is 12.1. The van der Waals surface area contributed by atoms with Crippen LogP contribution in [0.15, 0.2) is 30.5 Å². The predicted octanol–water partition coefficient (Wildman–Crippen LogP) is 2.28. The average Bonchev–Trinajstić information content (AvgIpc) is 3.06. The van der Waals surface area contributed by atoms with Gasteiger partial charge in [0.05, 0.1) is 13.7 Å². The number of ether oxygens (including phenoxy) is 1. The van der Waals surface area contributed by atoms with Gasteiger partial charge in [-0.1, -0.05) is 12.1 Å². The molecule has 2 heterocycles. The normalized spacial score (nSPS) is 14.4. The second-order valence-electron chi connectivity index (χ2n) is 5.16. The Labute approximate surface area is 123 Å². The van der Waals surface area contributed by atoms with E-state index in [1.165, 1.54) is 0 Å². The number of anilines is 1. The molecular weight excluding hydrogens is 266 g/mol. The Hall–Kier alpha value is -2.30. The van der Waals surface area contributed by atoms with Crippen LogP contribution in [0.5, 0.6) is 5.75 Å². The first-order chi connectivity index (χ1) is 10.3. The highest BCUT2D eigenvalue weighted by Crippen LogP contribution is 2.28. The third kappa shape index (κ3) is 2.77. The smallest absolute Gasteiger partial charge is 0.241 e. The quantitative estimate of drug-likeness (QED) is 0.936. The van der Waals surface area contributed by atoms with Crippen LogP contribution in [0.25, 0.3) is 10.8 Å². The minimum Gasteiger partial charge on any atom is -0.496 e. The van der Waals surface area contributed by atoms with Gasteiger partial charge in [-0.25, -0.2) is 4.98 Å². The SMILES string of the molecule is COc1cccc2c(NCC(=O)N3CCCC3)nccc12. The van der Waals surface area contributed by atoms with Gasteiger partial charge in [-0.15, -0.1) is 0 Å². The van der Waals surface area contributed by atoms with Gasteiger partial charge in [0.15, 0.2) is 0 Å². The molecule has 1 N–H and O–H groups in total. The molecule has 1 amide bonds. The Bertz CT molecular complexity index is 651. The van der Waals surface area contributed by atoms with Crippen LogP contribution >= 0.6 is 0 Å². The standard InChI is InChI=1S/C16H19N3O2/c1-21-14-6-4-5-13-12(14)7-8-17-16(13)18-11-15(20)19-9-2-3-10-19/h4-8H,2-3,9-11H2,1H3,(H,17,18). The van der Waals surface area contributed by atoms with Crippen molar-refractivity contribution in [1.29, 1.82) is 0 Å². The van der Waals surface area contributed by atoms with E-state index in [2.05, 4.69) is 10.3 Å². The maximum atomic E-state index is 12.1. The lowest BCUT2D eigenvalue weighted by Gasteiger charge is -2.16. The summed E-state index contributed by atoms with van der Waals surface area (Å²) in [7, 11) is 1.65. The summed E-state index contributed by atoms with van der Waals surface area (Å²) < 4.78 is 5.36.